The summed E-state index contributed by atoms with van der Waals surface area (Å²) in [5, 5.41) is 3.00. The van der Waals surface area contributed by atoms with Crippen molar-refractivity contribution in [3.63, 3.8) is 0 Å². The zero-order chi connectivity index (χ0) is 8.39. The van der Waals surface area contributed by atoms with Gasteiger partial charge in [-0.15, -0.1) is 0 Å². The zero-order valence-electron chi connectivity index (χ0n) is 7.51. The lowest BCUT2D eigenvalue weighted by Gasteiger charge is -2.36. The summed E-state index contributed by atoms with van der Waals surface area (Å²) in [6.45, 7) is 0. The van der Waals surface area contributed by atoms with E-state index in [1.807, 2.05) is 0 Å². The van der Waals surface area contributed by atoms with Crippen LogP contribution in [0.3, 0.4) is 0 Å². The highest BCUT2D eigenvalue weighted by molar-refractivity contribution is 5.85. The lowest BCUT2D eigenvalue weighted by atomic mass is 9.84. The first kappa shape index (κ1) is 8.09. The van der Waals surface area contributed by atoms with Crippen molar-refractivity contribution in [2.75, 3.05) is 0 Å². The van der Waals surface area contributed by atoms with Crippen LogP contribution in [0.2, 0.25) is 0 Å². The van der Waals surface area contributed by atoms with Gasteiger partial charge in [-0.05, 0) is 12.8 Å². The monoisotopic (exact) mass is 167 g/mol. The molecule has 2 atom stereocenters. The minimum absolute atomic E-state index is 0.307. The third-order valence-corrected chi connectivity index (χ3v) is 3.18. The number of β-lactam (4-membered cyclic amide) rings is 1. The first-order valence-corrected chi connectivity index (χ1v) is 5.18. The molecule has 1 heterocycles. The maximum atomic E-state index is 11.1. The lowest BCUT2D eigenvalue weighted by molar-refractivity contribution is -0.135. The first-order valence-electron chi connectivity index (χ1n) is 5.18. The Labute approximate surface area is 73.7 Å². The van der Waals surface area contributed by atoms with Crippen molar-refractivity contribution in [3.8, 4) is 0 Å². The highest BCUT2D eigenvalue weighted by Crippen LogP contribution is 2.27. The van der Waals surface area contributed by atoms with Crippen molar-refractivity contribution in [3.05, 3.63) is 0 Å². The highest BCUT2D eigenvalue weighted by Gasteiger charge is 2.37. The molecule has 0 aromatic rings. The van der Waals surface area contributed by atoms with Crippen LogP contribution in [-0.2, 0) is 4.79 Å². The van der Waals surface area contributed by atoms with Crippen LogP contribution in [0, 0.1) is 5.92 Å². The Morgan fingerprint density at radius 1 is 1.00 bits per heavy atom. The summed E-state index contributed by atoms with van der Waals surface area (Å²) in [7, 11) is 0. The number of fused-ring (bicyclic) bond motifs is 1. The second-order valence-corrected chi connectivity index (χ2v) is 4.07. The second kappa shape index (κ2) is 3.46. The Kier molecular flexibility index (Phi) is 2.33. The smallest absolute Gasteiger partial charge is 0.225 e. The summed E-state index contributed by atoms with van der Waals surface area (Å²) in [6, 6.07) is 0.538. The van der Waals surface area contributed by atoms with Gasteiger partial charge in [-0.25, -0.2) is 0 Å². The minimum atomic E-state index is 0.307. The van der Waals surface area contributed by atoms with Crippen LogP contribution in [0.4, 0.5) is 0 Å². The van der Waals surface area contributed by atoms with Gasteiger partial charge in [0.25, 0.3) is 0 Å². The molecule has 2 fully saturated rings. The average molecular weight is 167 g/mol. The topological polar surface area (TPSA) is 29.1 Å². The molecule has 0 aromatic heterocycles. The molecule has 0 bridgehead atoms. The molecule has 1 aliphatic carbocycles. The van der Waals surface area contributed by atoms with E-state index in [0.29, 0.717) is 17.9 Å². The predicted molar refractivity (Wildman–Crippen MR) is 47.7 cm³/mol. The highest BCUT2D eigenvalue weighted by atomic mass is 16.2. The van der Waals surface area contributed by atoms with Gasteiger partial charge >= 0.3 is 0 Å². The summed E-state index contributed by atoms with van der Waals surface area (Å²) >= 11 is 0. The molecule has 1 saturated heterocycles. The molecule has 1 amide bonds. The van der Waals surface area contributed by atoms with Gasteiger partial charge in [0.05, 0.1) is 5.92 Å². The van der Waals surface area contributed by atoms with Gasteiger partial charge in [0.2, 0.25) is 5.91 Å². The molecule has 2 aliphatic rings. The molecule has 0 unspecified atom stereocenters. The van der Waals surface area contributed by atoms with Gasteiger partial charge in [-0.2, -0.15) is 0 Å². The van der Waals surface area contributed by atoms with Gasteiger partial charge in [-0.3, -0.25) is 4.79 Å². The molecular formula is C10H17NO. The molecule has 0 radical (unpaired) electrons. The van der Waals surface area contributed by atoms with Crippen molar-refractivity contribution < 1.29 is 4.79 Å². The van der Waals surface area contributed by atoms with E-state index in [1.165, 1.54) is 38.5 Å². The summed E-state index contributed by atoms with van der Waals surface area (Å²) in [4.78, 5) is 11.1. The third-order valence-electron chi connectivity index (χ3n) is 3.18. The van der Waals surface area contributed by atoms with Crippen LogP contribution < -0.4 is 5.32 Å². The van der Waals surface area contributed by atoms with E-state index in [4.69, 9.17) is 0 Å². The van der Waals surface area contributed by atoms with E-state index < -0.39 is 0 Å². The molecule has 0 aromatic carbocycles. The number of amides is 1. The fourth-order valence-electron chi connectivity index (χ4n) is 2.34. The van der Waals surface area contributed by atoms with Crippen molar-refractivity contribution in [1.82, 2.24) is 5.32 Å². The number of carbonyl (C=O) groups excluding carboxylic acids is 1. The van der Waals surface area contributed by atoms with Crippen LogP contribution in [0.1, 0.15) is 44.9 Å². The Morgan fingerprint density at radius 2 is 1.67 bits per heavy atom. The van der Waals surface area contributed by atoms with Crippen molar-refractivity contribution >= 4 is 5.91 Å². The van der Waals surface area contributed by atoms with E-state index >= 15 is 0 Å². The lowest BCUT2D eigenvalue weighted by Crippen LogP contribution is -2.57. The Hall–Kier alpha value is -0.530. The Morgan fingerprint density at radius 3 is 2.42 bits per heavy atom. The van der Waals surface area contributed by atoms with Crippen LogP contribution in [0.5, 0.6) is 0 Å². The molecule has 0 spiro atoms. The van der Waals surface area contributed by atoms with Gasteiger partial charge in [-0.1, -0.05) is 32.1 Å². The molecule has 68 valence electrons. The van der Waals surface area contributed by atoms with Gasteiger partial charge < -0.3 is 5.32 Å². The quantitative estimate of drug-likeness (QED) is 0.548. The van der Waals surface area contributed by atoms with Crippen molar-refractivity contribution in [2.24, 2.45) is 5.92 Å². The average Bonchev–Trinajstić information content (AvgIpc) is 2.14. The third kappa shape index (κ3) is 1.47. The SMILES string of the molecule is O=C1N[C@H]2CCCCCCC[C@H]12. The number of nitrogens with one attached hydrogen (secondary N) is 1. The molecule has 1 N–H and O–H groups in total. The van der Waals surface area contributed by atoms with E-state index in [-0.39, 0.29) is 0 Å². The molecule has 2 nitrogen and oxygen atoms in total. The number of hydrogen-bond acceptors (Lipinski definition) is 1. The van der Waals surface area contributed by atoms with Crippen molar-refractivity contribution in [2.45, 2.75) is 51.0 Å². The zero-order valence-corrected chi connectivity index (χ0v) is 7.51. The first-order chi connectivity index (χ1) is 5.88. The van der Waals surface area contributed by atoms with E-state index in [0.717, 1.165) is 6.42 Å². The van der Waals surface area contributed by atoms with E-state index in [9.17, 15) is 4.79 Å². The molecule has 12 heavy (non-hydrogen) atoms. The fourth-order valence-corrected chi connectivity index (χ4v) is 2.34. The van der Waals surface area contributed by atoms with Crippen LogP contribution >= 0.6 is 0 Å². The minimum Gasteiger partial charge on any atom is -0.352 e. The van der Waals surface area contributed by atoms with Gasteiger partial charge in [0.1, 0.15) is 0 Å². The summed E-state index contributed by atoms with van der Waals surface area (Å²) in [5.74, 6) is 0.685. The summed E-state index contributed by atoms with van der Waals surface area (Å²) in [6.07, 6.45) is 8.98. The number of rotatable bonds is 0. The predicted octanol–water partition coefficient (Wildman–Crippen LogP) is 1.85. The maximum absolute atomic E-state index is 11.1. The van der Waals surface area contributed by atoms with Crippen molar-refractivity contribution in [1.29, 1.82) is 0 Å². The van der Waals surface area contributed by atoms with E-state index in [1.54, 1.807) is 0 Å². The molecule has 1 aliphatic heterocycles. The molecule has 2 heteroatoms. The normalized spacial score (nSPS) is 36.5. The second-order valence-electron chi connectivity index (χ2n) is 4.07. The van der Waals surface area contributed by atoms with Crippen LogP contribution in [0.25, 0.3) is 0 Å². The van der Waals surface area contributed by atoms with Crippen LogP contribution in [-0.4, -0.2) is 11.9 Å². The van der Waals surface area contributed by atoms with Crippen LogP contribution in [0.15, 0.2) is 0 Å². The maximum Gasteiger partial charge on any atom is 0.225 e. The number of carbonyl (C=O) groups is 1. The fraction of sp³-hybridized carbons (Fsp3) is 0.900. The number of hydrogen-bond donors (Lipinski definition) is 1. The molecule has 1 saturated carbocycles. The summed E-state index contributed by atoms with van der Waals surface area (Å²) < 4.78 is 0. The summed E-state index contributed by atoms with van der Waals surface area (Å²) in [5.41, 5.74) is 0. The Bertz CT molecular complexity index is 179. The largest absolute Gasteiger partial charge is 0.352 e. The van der Waals surface area contributed by atoms with E-state index in [2.05, 4.69) is 5.32 Å². The van der Waals surface area contributed by atoms with Gasteiger partial charge in [0.15, 0.2) is 0 Å². The molecular weight excluding hydrogens is 150 g/mol. The van der Waals surface area contributed by atoms with Gasteiger partial charge in [0, 0.05) is 6.04 Å². The standard InChI is InChI=1S/C10H17NO/c12-10-8-6-4-2-1-3-5-7-9(8)11-10/h8-9H,1-7H2,(H,11,12)/t8-,9-/m0/s1. The Balaban J connectivity index is 1.89. The molecule has 2 rings (SSSR count).